The minimum Gasteiger partial charge on any atom is -0.462 e. The maximum Gasteiger partial charge on any atom is 0.472 e. The molecule has 17 nitrogen and oxygen atoms in total. The summed E-state index contributed by atoms with van der Waals surface area (Å²) in [6.07, 6.45) is 52.2. The van der Waals surface area contributed by atoms with Crippen LogP contribution in [-0.4, -0.2) is 96.7 Å². The number of rotatable bonds is 70. The number of phosphoric acid groups is 2. The zero-order chi connectivity index (χ0) is 68.7. The van der Waals surface area contributed by atoms with Gasteiger partial charge in [0.1, 0.15) is 19.3 Å². The molecule has 0 aliphatic rings. The lowest BCUT2D eigenvalue weighted by Gasteiger charge is -2.21. The second-order valence-electron chi connectivity index (χ2n) is 27.2. The maximum absolute atomic E-state index is 13.1. The predicted octanol–water partition coefficient (Wildman–Crippen LogP) is 21.0. The Morgan fingerprint density at radius 1 is 0.355 bits per heavy atom. The molecule has 0 heterocycles. The van der Waals surface area contributed by atoms with Crippen LogP contribution in [0.25, 0.3) is 0 Å². The number of esters is 4. The first-order valence-electron chi connectivity index (χ1n) is 37.7. The molecule has 0 saturated heterocycles. The molecule has 93 heavy (non-hydrogen) atoms. The predicted molar refractivity (Wildman–Crippen MR) is 377 cm³/mol. The number of allylic oxidation sites excluding steroid dienone is 4. The van der Waals surface area contributed by atoms with Gasteiger partial charge in [-0.05, 0) is 69.1 Å². The van der Waals surface area contributed by atoms with Crippen LogP contribution in [0.1, 0.15) is 350 Å². The first kappa shape index (κ1) is 90.5. The summed E-state index contributed by atoms with van der Waals surface area (Å²) < 4.78 is 68.4. The number of aliphatic hydroxyl groups excluding tert-OH is 1. The topological polar surface area (TPSA) is 237 Å². The summed E-state index contributed by atoms with van der Waals surface area (Å²) in [5.74, 6) is 0.0887. The molecule has 0 fully saturated rings. The first-order chi connectivity index (χ1) is 44.8. The summed E-state index contributed by atoms with van der Waals surface area (Å²) in [5, 5.41) is 10.6. The van der Waals surface area contributed by atoms with Crippen molar-refractivity contribution in [3.05, 3.63) is 24.3 Å². The lowest BCUT2D eigenvalue weighted by atomic mass is 10.00. The van der Waals surface area contributed by atoms with Gasteiger partial charge in [0.25, 0.3) is 0 Å². The van der Waals surface area contributed by atoms with Crippen LogP contribution in [0, 0.1) is 17.8 Å². The standard InChI is InChI=1S/C74H140O17P2/c1-8-10-11-12-13-14-15-16-17-22-25-28-34-43-50-57-73(78)90-69(61-84-71(76)55-48-41-33-27-24-21-19-18-20-23-26-31-38-45-52-65(3)4)63-88-92(80,81)86-59-68(75)60-87-93(82,83)89-64-70(62-85-72(77)56-49-42-37-36-40-47-54-67(7)9-2)91-74(79)58-51-44-35-30-29-32-39-46-53-66(5)6/h14-17,65-70,75H,8-13,18-64H2,1-7H3,(H,80,81)(H,82,83)/b15-14-,17-16-/t67?,68-,69-,70-/m1/s1. The van der Waals surface area contributed by atoms with Gasteiger partial charge in [-0.25, -0.2) is 9.13 Å². The van der Waals surface area contributed by atoms with Gasteiger partial charge in [-0.3, -0.25) is 37.3 Å². The van der Waals surface area contributed by atoms with Gasteiger partial charge in [-0.15, -0.1) is 0 Å². The van der Waals surface area contributed by atoms with Crippen LogP contribution in [0.3, 0.4) is 0 Å². The van der Waals surface area contributed by atoms with Crippen LogP contribution >= 0.6 is 15.6 Å². The Bertz CT molecular complexity index is 1910. The Labute approximate surface area is 567 Å². The molecule has 0 aromatic heterocycles. The molecule has 0 bridgehead atoms. The molecule has 6 atom stereocenters. The molecule has 0 aromatic carbocycles. The summed E-state index contributed by atoms with van der Waals surface area (Å²) >= 11 is 0. The molecular weight excluding hydrogens is 1220 g/mol. The van der Waals surface area contributed by atoms with E-state index in [0.29, 0.717) is 31.6 Å². The van der Waals surface area contributed by atoms with Gasteiger partial charge in [0.2, 0.25) is 0 Å². The summed E-state index contributed by atoms with van der Waals surface area (Å²) in [7, 11) is -9.92. The number of unbranched alkanes of at least 4 members (excludes halogenated alkanes) is 34. The fourth-order valence-electron chi connectivity index (χ4n) is 10.7. The van der Waals surface area contributed by atoms with Crippen molar-refractivity contribution in [2.24, 2.45) is 17.8 Å². The van der Waals surface area contributed by atoms with E-state index in [2.05, 4.69) is 72.8 Å². The fourth-order valence-corrected chi connectivity index (χ4v) is 12.3. The van der Waals surface area contributed by atoms with Crippen LogP contribution in [0.2, 0.25) is 0 Å². The second kappa shape index (κ2) is 64.2. The van der Waals surface area contributed by atoms with Crippen LogP contribution in [0.5, 0.6) is 0 Å². The molecule has 0 spiro atoms. The van der Waals surface area contributed by atoms with Gasteiger partial charge in [0.05, 0.1) is 26.4 Å². The zero-order valence-corrected chi connectivity index (χ0v) is 62.0. The van der Waals surface area contributed by atoms with Crippen molar-refractivity contribution in [1.82, 2.24) is 0 Å². The van der Waals surface area contributed by atoms with Crippen molar-refractivity contribution in [3.63, 3.8) is 0 Å². The highest BCUT2D eigenvalue weighted by Crippen LogP contribution is 2.45. The van der Waals surface area contributed by atoms with E-state index in [1.54, 1.807) is 0 Å². The van der Waals surface area contributed by atoms with E-state index in [1.165, 1.54) is 141 Å². The summed E-state index contributed by atoms with van der Waals surface area (Å²) in [4.78, 5) is 72.7. The minimum atomic E-state index is -4.96. The van der Waals surface area contributed by atoms with Gasteiger partial charge in [0, 0.05) is 25.7 Å². The second-order valence-corrected chi connectivity index (χ2v) is 30.1. The Balaban J connectivity index is 5.28. The molecule has 19 heteroatoms. The summed E-state index contributed by atoms with van der Waals surface area (Å²) in [6, 6.07) is 0. The zero-order valence-electron chi connectivity index (χ0n) is 60.2. The van der Waals surface area contributed by atoms with Gasteiger partial charge >= 0.3 is 39.5 Å². The SMILES string of the molecule is CCCCCC/C=C\C=C/CCCCCCCC(=O)O[C@H](COC(=O)CCCCCCCCCCCCCCCCC(C)C)COP(=O)(O)OC[C@@H](O)COP(=O)(O)OC[C@@H](COC(=O)CCCCCCCCC(C)CC)OC(=O)CCCCCCCCCCC(C)C. The molecule has 3 N–H and O–H groups in total. The molecule has 0 amide bonds. The third-order valence-electron chi connectivity index (χ3n) is 16.9. The first-order valence-corrected chi connectivity index (χ1v) is 40.7. The van der Waals surface area contributed by atoms with Gasteiger partial charge in [-0.2, -0.15) is 0 Å². The van der Waals surface area contributed by atoms with Crippen molar-refractivity contribution in [2.75, 3.05) is 39.6 Å². The van der Waals surface area contributed by atoms with Crippen molar-refractivity contribution < 1.29 is 80.2 Å². The number of hydrogen-bond acceptors (Lipinski definition) is 15. The van der Waals surface area contributed by atoms with E-state index in [-0.39, 0.29) is 25.7 Å². The van der Waals surface area contributed by atoms with Crippen molar-refractivity contribution in [3.8, 4) is 0 Å². The van der Waals surface area contributed by atoms with E-state index in [0.717, 1.165) is 121 Å². The van der Waals surface area contributed by atoms with Crippen molar-refractivity contribution in [2.45, 2.75) is 369 Å². The van der Waals surface area contributed by atoms with Crippen LogP contribution in [0.15, 0.2) is 24.3 Å². The van der Waals surface area contributed by atoms with E-state index in [4.69, 9.17) is 37.0 Å². The lowest BCUT2D eigenvalue weighted by molar-refractivity contribution is -0.161. The van der Waals surface area contributed by atoms with Crippen LogP contribution in [-0.2, 0) is 65.4 Å². The Morgan fingerprint density at radius 2 is 0.634 bits per heavy atom. The Hall–Kier alpha value is -2.46. The number of aliphatic hydroxyl groups is 1. The van der Waals surface area contributed by atoms with E-state index >= 15 is 0 Å². The van der Waals surface area contributed by atoms with E-state index < -0.39 is 97.5 Å². The maximum atomic E-state index is 13.1. The Kier molecular flexibility index (Phi) is 62.5. The number of phosphoric ester groups is 2. The minimum absolute atomic E-state index is 0.0847. The largest absolute Gasteiger partial charge is 0.472 e. The highest BCUT2D eigenvalue weighted by atomic mass is 31.2. The highest BCUT2D eigenvalue weighted by molar-refractivity contribution is 7.47. The summed E-state index contributed by atoms with van der Waals surface area (Å²) in [6.45, 7) is 11.7. The molecular formula is C74H140O17P2. The van der Waals surface area contributed by atoms with Crippen LogP contribution < -0.4 is 0 Å². The average Bonchev–Trinajstić information content (AvgIpc) is 3.66. The number of ether oxygens (including phenoxy) is 4. The molecule has 0 radical (unpaired) electrons. The molecule has 0 aromatic rings. The van der Waals surface area contributed by atoms with Crippen molar-refractivity contribution >= 4 is 39.5 Å². The normalized spacial score (nSPS) is 14.6. The number of carbonyl (C=O) groups is 4. The molecule has 548 valence electrons. The third kappa shape index (κ3) is 66.6. The van der Waals surface area contributed by atoms with Crippen LogP contribution in [0.4, 0.5) is 0 Å². The molecule has 0 saturated carbocycles. The fraction of sp³-hybridized carbons (Fsp3) is 0.892. The molecule has 0 aliphatic carbocycles. The lowest BCUT2D eigenvalue weighted by Crippen LogP contribution is -2.30. The highest BCUT2D eigenvalue weighted by Gasteiger charge is 2.30. The molecule has 3 unspecified atom stereocenters. The molecule has 0 rings (SSSR count). The quantitative estimate of drug-likeness (QED) is 0.0169. The summed E-state index contributed by atoms with van der Waals surface area (Å²) in [5.41, 5.74) is 0. The number of carbonyl (C=O) groups excluding carboxylic acids is 4. The van der Waals surface area contributed by atoms with E-state index in [9.17, 15) is 43.2 Å². The average molecular weight is 1360 g/mol. The smallest absolute Gasteiger partial charge is 0.462 e. The van der Waals surface area contributed by atoms with Crippen molar-refractivity contribution in [1.29, 1.82) is 0 Å². The van der Waals surface area contributed by atoms with E-state index in [1.807, 2.05) is 0 Å². The number of hydrogen-bond donors (Lipinski definition) is 3. The van der Waals surface area contributed by atoms with Gasteiger partial charge < -0.3 is 33.8 Å². The molecule has 0 aliphatic heterocycles. The monoisotopic (exact) mass is 1360 g/mol. The third-order valence-corrected chi connectivity index (χ3v) is 18.8. The Morgan fingerprint density at radius 3 is 0.957 bits per heavy atom. The van der Waals surface area contributed by atoms with Gasteiger partial charge in [0.15, 0.2) is 12.2 Å². The van der Waals surface area contributed by atoms with Gasteiger partial charge in [-0.1, -0.05) is 297 Å².